The van der Waals surface area contributed by atoms with Crippen LogP contribution in [-0.2, 0) is 5.75 Å². The first-order valence-electron chi connectivity index (χ1n) is 7.32. The monoisotopic (exact) mass is 350 g/mol. The van der Waals surface area contributed by atoms with Gasteiger partial charge in [-0.1, -0.05) is 18.2 Å². The van der Waals surface area contributed by atoms with Crippen LogP contribution in [0.3, 0.4) is 0 Å². The highest BCUT2D eigenvalue weighted by Gasteiger charge is 2.12. The quantitative estimate of drug-likeness (QED) is 0.646. The fourth-order valence-electron chi connectivity index (χ4n) is 2.15. The predicted octanol–water partition coefficient (Wildman–Crippen LogP) is 5.16. The third-order valence-corrected chi connectivity index (χ3v) is 5.54. The largest absolute Gasteiger partial charge is 0.322 e. The summed E-state index contributed by atoms with van der Waals surface area (Å²) in [5, 5.41) is 13.8. The zero-order chi connectivity index (χ0) is 16.8. The zero-order valence-corrected chi connectivity index (χ0v) is 14.4. The SMILES string of the molecule is N#Cc1ccc(NC(=O)c2ccccc2SCc2cccs2)cc1. The average Bonchev–Trinajstić information content (AvgIpc) is 3.14. The zero-order valence-electron chi connectivity index (χ0n) is 12.7. The molecule has 24 heavy (non-hydrogen) atoms. The maximum absolute atomic E-state index is 12.6. The highest BCUT2D eigenvalue weighted by atomic mass is 32.2. The van der Waals surface area contributed by atoms with Crippen LogP contribution in [0.1, 0.15) is 20.8 Å². The highest BCUT2D eigenvalue weighted by Crippen LogP contribution is 2.28. The van der Waals surface area contributed by atoms with E-state index < -0.39 is 0 Å². The van der Waals surface area contributed by atoms with E-state index in [0.29, 0.717) is 16.8 Å². The number of hydrogen-bond acceptors (Lipinski definition) is 4. The second kappa shape index (κ2) is 7.82. The van der Waals surface area contributed by atoms with E-state index >= 15 is 0 Å². The number of thioether (sulfide) groups is 1. The molecule has 0 radical (unpaired) electrons. The van der Waals surface area contributed by atoms with Crippen LogP contribution in [0.5, 0.6) is 0 Å². The van der Waals surface area contributed by atoms with Crippen molar-refractivity contribution in [1.82, 2.24) is 0 Å². The minimum atomic E-state index is -0.144. The standard InChI is InChI=1S/C19H14N2OS2/c20-12-14-7-9-15(10-8-14)21-19(22)17-5-1-2-6-18(17)24-13-16-4-3-11-23-16/h1-11H,13H2,(H,21,22). The summed E-state index contributed by atoms with van der Waals surface area (Å²) >= 11 is 3.37. The van der Waals surface area contributed by atoms with Crippen LogP contribution in [0.2, 0.25) is 0 Å². The molecule has 5 heteroatoms. The van der Waals surface area contributed by atoms with Crippen LogP contribution in [0.25, 0.3) is 0 Å². The summed E-state index contributed by atoms with van der Waals surface area (Å²) in [4.78, 5) is 14.8. The van der Waals surface area contributed by atoms with Crippen molar-refractivity contribution in [2.45, 2.75) is 10.6 Å². The lowest BCUT2D eigenvalue weighted by molar-refractivity contribution is 0.102. The minimum absolute atomic E-state index is 0.144. The molecular formula is C19H14N2OS2. The molecule has 0 aliphatic heterocycles. The van der Waals surface area contributed by atoms with Gasteiger partial charge in [0.2, 0.25) is 0 Å². The molecule has 3 rings (SSSR count). The van der Waals surface area contributed by atoms with Crippen molar-refractivity contribution in [1.29, 1.82) is 5.26 Å². The Morgan fingerprint density at radius 1 is 1.08 bits per heavy atom. The van der Waals surface area contributed by atoms with Gasteiger partial charge >= 0.3 is 0 Å². The van der Waals surface area contributed by atoms with Gasteiger partial charge in [-0.3, -0.25) is 4.79 Å². The van der Waals surface area contributed by atoms with Gasteiger partial charge in [0.1, 0.15) is 0 Å². The van der Waals surface area contributed by atoms with Gasteiger partial charge in [-0.2, -0.15) is 5.26 Å². The first-order chi connectivity index (χ1) is 11.8. The molecular weight excluding hydrogens is 336 g/mol. The molecule has 2 aromatic carbocycles. The van der Waals surface area contributed by atoms with Gasteiger partial charge < -0.3 is 5.32 Å². The Morgan fingerprint density at radius 2 is 1.88 bits per heavy atom. The van der Waals surface area contributed by atoms with E-state index in [-0.39, 0.29) is 5.91 Å². The topological polar surface area (TPSA) is 52.9 Å². The van der Waals surface area contributed by atoms with Gasteiger partial charge in [-0.05, 0) is 47.8 Å². The van der Waals surface area contributed by atoms with Crippen LogP contribution in [0.15, 0.2) is 70.9 Å². The Bertz CT molecular complexity index is 865. The van der Waals surface area contributed by atoms with Crippen molar-refractivity contribution >= 4 is 34.7 Å². The molecule has 3 aromatic rings. The lowest BCUT2D eigenvalue weighted by atomic mass is 10.2. The van der Waals surface area contributed by atoms with Crippen LogP contribution >= 0.6 is 23.1 Å². The molecule has 0 aliphatic carbocycles. The fourth-order valence-corrected chi connectivity index (χ4v) is 3.97. The number of anilines is 1. The molecule has 0 bridgehead atoms. The smallest absolute Gasteiger partial charge is 0.256 e. The van der Waals surface area contributed by atoms with Gasteiger partial charge in [0.05, 0.1) is 17.2 Å². The van der Waals surface area contributed by atoms with Gasteiger partial charge in [0.25, 0.3) is 5.91 Å². The fraction of sp³-hybridized carbons (Fsp3) is 0.0526. The second-order valence-corrected chi connectivity index (χ2v) is 7.06. The molecule has 0 fully saturated rings. The maximum atomic E-state index is 12.6. The summed E-state index contributed by atoms with van der Waals surface area (Å²) in [5.41, 5.74) is 1.90. The third kappa shape index (κ3) is 4.05. The molecule has 0 unspecified atom stereocenters. The number of carbonyl (C=O) groups is 1. The van der Waals surface area contributed by atoms with Crippen molar-refractivity contribution in [2.75, 3.05) is 5.32 Å². The minimum Gasteiger partial charge on any atom is -0.322 e. The lowest BCUT2D eigenvalue weighted by Gasteiger charge is -2.09. The number of benzene rings is 2. The normalized spacial score (nSPS) is 10.1. The van der Waals surface area contributed by atoms with E-state index in [1.165, 1.54) is 4.88 Å². The Hall–Kier alpha value is -2.55. The number of rotatable bonds is 5. The molecule has 1 heterocycles. The summed E-state index contributed by atoms with van der Waals surface area (Å²) in [7, 11) is 0. The van der Waals surface area contributed by atoms with Crippen molar-refractivity contribution < 1.29 is 4.79 Å². The molecule has 0 atom stereocenters. The molecule has 0 spiro atoms. The van der Waals surface area contributed by atoms with Crippen LogP contribution < -0.4 is 5.32 Å². The van der Waals surface area contributed by atoms with Crippen LogP contribution in [-0.4, -0.2) is 5.91 Å². The third-order valence-electron chi connectivity index (χ3n) is 3.35. The van der Waals surface area contributed by atoms with E-state index in [9.17, 15) is 4.79 Å². The Labute approximate surface area is 149 Å². The molecule has 3 nitrogen and oxygen atoms in total. The van der Waals surface area contributed by atoms with Crippen molar-refractivity contribution in [2.24, 2.45) is 0 Å². The molecule has 0 saturated heterocycles. The molecule has 1 aromatic heterocycles. The highest BCUT2D eigenvalue weighted by molar-refractivity contribution is 7.98. The second-order valence-electron chi connectivity index (χ2n) is 5.01. The summed E-state index contributed by atoms with van der Waals surface area (Å²) in [6, 6.07) is 20.6. The number of nitrogens with zero attached hydrogens (tertiary/aromatic N) is 1. The van der Waals surface area contributed by atoms with Gasteiger partial charge in [-0.15, -0.1) is 23.1 Å². The molecule has 1 N–H and O–H groups in total. The van der Waals surface area contributed by atoms with Crippen molar-refractivity contribution in [3.8, 4) is 6.07 Å². The summed E-state index contributed by atoms with van der Waals surface area (Å²) < 4.78 is 0. The first-order valence-corrected chi connectivity index (χ1v) is 9.18. The van der Waals surface area contributed by atoms with Crippen LogP contribution in [0, 0.1) is 11.3 Å². The van der Waals surface area contributed by atoms with Crippen molar-refractivity contribution in [3.05, 3.63) is 82.0 Å². The number of nitrogens with one attached hydrogen (secondary N) is 1. The van der Waals surface area contributed by atoms with Gasteiger partial charge in [-0.25, -0.2) is 0 Å². The first kappa shape index (κ1) is 16.3. The summed E-state index contributed by atoms with van der Waals surface area (Å²) in [6.45, 7) is 0. The Balaban J connectivity index is 1.73. The number of hydrogen-bond donors (Lipinski definition) is 1. The molecule has 0 saturated carbocycles. The van der Waals surface area contributed by atoms with E-state index in [1.54, 1.807) is 47.4 Å². The Kier molecular flexibility index (Phi) is 5.32. The number of thiophene rings is 1. The van der Waals surface area contributed by atoms with Gasteiger partial charge in [0, 0.05) is 21.2 Å². The molecule has 0 aliphatic rings. The lowest BCUT2D eigenvalue weighted by Crippen LogP contribution is -2.12. The van der Waals surface area contributed by atoms with E-state index in [0.717, 1.165) is 10.6 Å². The van der Waals surface area contributed by atoms with Crippen molar-refractivity contribution in [3.63, 3.8) is 0 Å². The Morgan fingerprint density at radius 3 is 2.58 bits per heavy atom. The summed E-state index contributed by atoms with van der Waals surface area (Å²) in [5.74, 6) is 0.702. The predicted molar refractivity (Wildman–Crippen MR) is 99.4 cm³/mol. The summed E-state index contributed by atoms with van der Waals surface area (Å²) in [6.07, 6.45) is 0. The average molecular weight is 350 g/mol. The molecule has 1 amide bonds. The number of nitriles is 1. The van der Waals surface area contributed by atoms with E-state index in [1.807, 2.05) is 30.3 Å². The van der Waals surface area contributed by atoms with Gasteiger partial charge in [0.15, 0.2) is 0 Å². The maximum Gasteiger partial charge on any atom is 0.256 e. The van der Waals surface area contributed by atoms with E-state index in [2.05, 4.69) is 22.8 Å². The van der Waals surface area contributed by atoms with E-state index in [4.69, 9.17) is 5.26 Å². The number of carbonyl (C=O) groups excluding carboxylic acids is 1. The van der Waals surface area contributed by atoms with Crippen LogP contribution in [0.4, 0.5) is 5.69 Å². The number of amides is 1. The molecule has 118 valence electrons.